The summed E-state index contributed by atoms with van der Waals surface area (Å²) < 4.78 is 0. The summed E-state index contributed by atoms with van der Waals surface area (Å²) in [5, 5.41) is 21.3. The smallest absolute Gasteiger partial charge is 0.230 e. The van der Waals surface area contributed by atoms with E-state index in [1.807, 2.05) is 43.3 Å². The highest BCUT2D eigenvalue weighted by Crippen LogP contribution is 2.18. The molecule has 0 atom stereocenters. The number of nitrogens with zero attached hydrogens (tertiary/aromatic N) is 5. The van der Waals surface area contributed by atoms with Crippen molar-refractivity contribution < 1.29 is 9.59 Å². The van der Waals surface area contributed by atoms with Gasteiger partial charge in [0.05, 0.1) is 24.2 Å². The number of aromatic nitrogens is 5. The summed E-state index contributed by atoms with van der Waals surface area (Å²) in [5.74, 6) is -0.0482. The fraction of sp³-hybridized carbons (Fsp3) is 0.296. The fourth-order valence-corrected chi connectivity index (χ4v) is 4.69. The summed E-state index contributed by atoms with van der Waals surface area (Å²) in [7, 11) is 0. The van der Waals surface area contributed by atoms with Crippen LogP contribution in [0.15, 0.2) is 54.7 Å². The molecule has 4 aromatic rings. The summed E-state index contributed by atoms with van der Waals surface area (Å²) >= 11 is 7.15. The first-order chi connectivity index (χ1) is 17.9. The molecule has 1 amide bonds. The Morgan fingerprint density at radius 3 is 2.43 bits per heavy atom. The number of unbranched alkanes of at least 4 members (excludes halogenated alkanes) is 1. The van der Waals surface area contributed by atoms with Crippen LogP contribution >= 0.6 is 22.9 Å². The number of ketones is 1. The molecule has 1 N–H and O–H groups in total. The molecular weight excluding hydrogens is 508 g/mol. The Morgan fingerprint density at radius 2 is 1.68 bits per heavy atom. The normalized spacial score (nSPS) is 10.9. The Labute approximate surface area is 224 Å². The number of hydrogen-bond acceptors (Lipinski definition) is 8. The van der Waals surface area contributed by atoms with Crippen molar-refractivity contribution in [3.63, 3.8) is 0 Å². The second-order valence-corrected chi connectivity index (χ2v) is 10.3. The van der Waals surface area contributed by atoms with E-state index in [0.717, 1.165) is 53.1 Å². The number of benzene rings is 1. The minimum Gasteiger partial charge on any atom is -0.300 e. The molecule has 0 fully saturated rings. The number of amides is 1. The van der Waals surface area contributed by atoms with Crippen LogP contribution in [0.2, 0.25) is 5.15 Å². The second-order valence-electron chi connectivity index (χ2n) is 8.82. The molecule has 3 heterocycles. The van der Waals surface area contributed by atoms with Crippen molar-refractivity contribution in [3.05, 3.63) is 93.0 Å². The van der Waals surface area contributed by atoms with E-state index in [4.69, 9.17) is 11.6 Å². The topological polar surface area (TPSA) is 111 Å². The lowest BCUT2D eigenvalue weighted by Gasteiger charge is -2.04. The average Bonchev–Trinajstić information content (AvgIpc) is 3.31. The maximum absolute atomic E-state index is 12.4. The first-order valence-corrected chi connectivity index (χ1v) is 13.2. The number of halogens is 1. The van der Waals surface area contributed by atoms with Crippen LogP contribution in [0.3, 0.4) is 0 Å². The number of hydrogen-bond donors (Lipinski definition) is 1. The van der Waals surface area contributed by atoms with E-state index in [0.29, 0.717) is 22.4 Å². The average molecular weight is 535 g/mol. The SMILES string of the molecule is Cc1cccc(CC(=O)Cc2ccc(CCCCc3nnc(NC(=O)Cc4ccc(Cl)nc4)s3)nn2)c1. The molecule has 0 unspecified atom stereocenters. The van der Waals surface area contributed by atoms with E-state index < -0.39 is 0 Å². The van der Waals surface area contributed by atoms with Crippen LogP contribution in [0.4, 0.5) is 5.13 Å². The zero-order chi connectivity index (χ0) is 26.0. The maximum Gasteiger partial charge on any atom is 0.230 e. The van der Waals surface area contributed by atoms with Crippen LogP contribution in [0, 0.1) is 6.92 Å². The number of anilines is 1. The molecule has 3 aromatic heterocycles. The van der Waals surface area contributed by atoms with Gasteiger partial charge in [-0.15, -0.1) is 10.2 Å². The maximum atomic E-state index is 12.4. The van der Waals surface area contributed by atoms with Gasteiger partial charge in [0.2, 0.25) is 11.0 Å². The van der Waals surface area contributed by atoms with Crippen LogP contribution < -0.4 is 5.32 Å². The van der Waals surface area contributed by atoms with Gasteiger partial charge in [0.15, 0.2) is 0 Å². The minimum absolute atomic E-state index is 0.127. The Morgan fingerprint density at radius 1 is 0.865 bits per heavy atom. The lowest BCUT2D eigenvalue weighted by molar-refractivity contribution is -0.118. The molecule has 37 heavy (non-hydrogen) atoms. The summed E-state index contributed by atoms with van der Waals surface area (Å²) in [4.78, 5) is 28.6. The number of pyridine rings is 1. The van der Waals surface area contributed by atoms with Gasteiger partial charge in [-0.2, -0.15) is 10.2 Å². The lowest BCUT2D eigenvalue weighted by atomic mass is 10.0. The van der Waals surface area contributed by atoms with Gasteiger partial charge in [-0.25, -0.2) is 4.98 Å². The molecule has 0 radical (unpaired) electrons. The van der Waals surface area contributed by atoms with Gasteiger partial charge in [-0.3, -0.25) is 9.59 Å². The van der Waals surface area contributed by atoms with Gasteiger partial charge in [-0.1, -0.05) is 58.8 Å². The summed E-state index contributed by atoms with van der Waals surface area (Å²) in [5.41, 5.74) is 4.54. The van der Waals surface area contributed by atoms with Crippen molar-refractivity contribution in [2.75, 3.05) is 5.32 Å². The monoisotopic (exact) mass is 534 g/mol. The summed E-state index contributed by atoms with van der Waals surface area (Å²) in [6, 6.07) is 15.2. The molecule has 0 bridgehead atoms. The number of carbonyl (C=O) groups is 2. The van der Waals surface area contributed by atoms with Gasteiger partial charge in [0, 0.05) is 19.0 Å². The van der Waals surface area contributed by atoms with Crippen LogP contribution in [0.1, 0.15) is 45.9 Å². The molecule has 0 aliphatic carbocycles. The predicted molar refractivity (Wildman–Crippen MR) is 144 cm³/mol. The summed E-state index contributed by atoms with van der Waals surface area (Å²) in [6.07, 6.45) is 5.87. The number of carbonyl (C=O) groups excluding carboxylic acids is 2. The summed E-state index contributed by atoms with van der Waals surface area (Å²) in [6.45, 7) is 2.02. The molecule has 1 aromatic carbocycles. The largest absolute Gasteiger partial charge is 0.300 e. The van der Waals surface area contributed by atoms with Gasteiger partial charge < -0.3 is 5.32 Å². The van der Waals surface area contributed by atoms with Crippen LogP contribution in [0.5, 0.6) is 0 Å². The van der Waals surface area contributed by atoms with Gasteiger partial charge in [-0.05, 0) is 55.5 Å². The van der Waals surface area contributed by atoms with E-state index in [2.05, 4.69) is 30.7 Å². The van der Waals surface area contributed by atoms with Crippen LogP contribution in [-0.2, 0) is 41.7 Å². The Balaban J connectivity index is 1.15. The number of aryl methyl sites for hydroxylation is 3. The highest BCUT2D eigenvalue weighted by Gasteiger charge is 2.10. The number of nitrogens with one attached hydrogen (secondary N) is 1. The molecule has 0 aliphatic heterocycles. The standard InChI is InChI=1S/C27H27ClN6O2S/c1-18-5-4-6-19(13-18)14-23(35)16-22-11-10-21(31-32-22)7-2-3-8-26-33-34-27(37-26)30-25(36)15-20-9-12-24(28)29-17-20/h4-6,9-13,17H,2-3,7-8,14-16H2,1H3,(H,30,34,36). The Bertz CT molecular complexity index is 1340. The quantitative estimate of drug-likeness (QED) is 0.205. The van der Waals surface area contributed by atoms with E-state index in [9.17, 15) is 9.59 Å². The third-order valence-corrected chi connectivity index (χ3v) is 6.70. The molecule has 0 spiro atoms. The molecule has 10 heteroatoms. The number of rotatable bonds is 12. The van der Waals surface area contributed by atoms with Crippen molar-refractivity contribution >= 4 is 39.8 Å². The first kappa shape index (κ1) is 26.5. The fourth-order valence-electron chi connectivity index (χ4n) is 3.78. The molecule has 0 aliphatic rings. The highest BCUT2D eigenvalue weighted by molar-refractivity contribution is 7.15. The van der Waals surface area contributed by atoms with Crippen molar-refractivity contribution in [1.82, 2.24) is 25.4 Å². The van der Waals surface area contributed by atoms with Crippen molar-refractivity contribution in [2.45, 2.75) is 51.9 Å². The van der Waals surface area contributed by atoms with Crippen molar-refractivity contribution in [3.8, 4) is 0 Å². The van der Waals surface area contributed by atoms with E-state index in [1.165, 1.54) is 11.3 Å². The Hall–Kier alpha value is -3.56. The predicted octanol–water partition coefficient (Wildman–Crippen LogP) is 4.79. The number of Topliss-reactive ketones (excluding diaryl/α,β-unsaturated/α-hetero) is 1. The Kier molecular flexibility index (Phi) is 9.40. The van der Waals surface area contributed by atoms with Gasteiger partial charge in [0.1, 0.15) is 15.9 Å². The lowest BCUT2D eigenvalue weighted by Crippen LogP contribution is -2.14. The van der Waals surface area contributed by atoms with Crippen molar-refractivity contribution in [2.24, 2.45) is 0 Å². The van der Waals surface area contributed by atoms with E-state index >= 15 is 0 Å². The minimum atomic E-state index is -0.175. The molecule has 8 nitrogen and oxygen atoms in total. The molecule has 0 saturated carbocycles. The first-order valence-electron chi connectivity index (χ1n) is 12.0. The highest BCUT2D eigenvalue weighted by atomic mass is 35.5. The molecule has 4 rings (SSSR count). The van der Waals surface area contributed by atoms with Crippen molar-refractivity contribution in [1.29, 1.82) is 0 Å². The zero-order valence-electron chi connectivity index (χ0n) is 20.5. The second kappa shape index (κ2) is 13.1. The molecule has 190 valence electrons. The van der Waals surface area contributed by atoms with Gasteiger partial charge >= 0.3 is 0 Å². The van der Waals surface area contributed by atoms with Crippen LogP contribution in [0.25, 0.3) is 0 Å². The zero-order valence-corrected chi connectivity index (χ0v) is 22.1. The van der Waals surface area contributed by atoms with E-state index in [1.54, 1.807) is 18.3 Å². The van der Waals surface area contributed by atoms with Gasteiger partial charge in [0.25, 0.3) is 0 Å². The molecule has 0 saturated heterocycles. The molecular formula is C27H27ClN6O2S. The van der Waals surface area contributed by atoms with Crippen LogP contribution in [-0.4, -0.2) is 37.1 Å². The third kappa shape index (κ3) is 8.80. The van der Waals surface area contributed by atoms with E-state index in [-0.39, 0.29) is 24.5 Å². The third-order valence-electron chi connectivity index (χ3n) is 5.58.